The first kappa shape index (κ1) is 26.3. The smallest absolute Gasteiger partial charge is 0.378 e. The number of para-hydroxylation sites is 1. The van der Waals surface area contributed by atoms with Gasteiger partial charge in [-0.05, 0) is 25.1 Å². The van der Waals surface area contributed by atoms with Gasteiger partial charge in [-0.2, -0.15) is 13.2 Å². The summed E-state index contributed by atoms with van der Waals surface area (Å²) in [5, 5.41) is 8.23. The van der Waals surface area contributed by atoms with E-state index in [4.69, 9.17) is 16.3 Å². The summed E-state index contributed by atoms with van der Waals surface area (Å²) >= 11 is 6.30. The molecule has 1 unspecified atom stereocenters. The summed E-state index contributed by atoms with van der Waals surface area (Å²) in [6, 6.07) is 6.45. The van der Waals surface area contributed by atoms with E-state index in [0.717, 1.165) is 6.07 Å². The average Bonchev–Trinajstić information content (AvgIpc) is 3.33. The third-order valence-corrected chi connectivity index (χ3v) is 6.02. The van der Waals surface area contributed by atoms with Crippen LogP contribution in [0.2, 0.25) is 5.02 Å². The minimum absolute atomic E-state index is 0.0279. The molecule has 194 valence electrons. The Balaban J connectivity index is 1.43. The maximum atomic E-state index is 13.3. The van der Waals surface area contributed by atoms with Gasteiger partial charge in [0, 0.05) is 25.4 Å². The number of ether oxygens (including phenoxy) is 1. The van der Waals surface area contributed by atoms with Gasteiger partial charge in [0.15, 0.2) is 0 Å². The monoisotopic (exact) mass is 534 g/mol. The Kier molecular flexibility index (Phi) is 7.60. The third kappa shape index (κ3) is 6.15. The number of aryl methyl sites for hydroxylation is 1. The van der Waals surface area contributed by atoms with Crippen molar-refractivity contribution in [3.63, 3.8) is 0 Å². The molecule has 1 aliphatic rings. The first-order valence-electron chi connectivity index (χ1n) is 11.1. The Labute approximate surface area is 214 Å². The molecule has 1 fully saturated rings. The van der Waals surface area contributed by atoms with Gasteiger partial charge < -0.3 is 20.7 Å². The van der Waals surface area contributed by atoms with Crippen LogP contribution in [0.5, 0.6) is 0 Å². The zero-order valence-electron chi connectivity index (χ0n) is 19.5. The highest BCUT2D eigenvalue weighted by Crippen LogP contribution is 2.36. The molecule has 1 aliphatic heterocycles. The molecule has 1 aromatic carbocycles. The lowest BCUT2D eigenvalue weighted by atomic mass is 9.96. The van der Waals surface area contributed by atoms with Crippen molar-refractivity contribution in [1.82, 2.24) is 25.6 Å². The molecule has 1 atom stereocenters. The lowest BCUT2D eigenvalue weighted by Crippen LogP contribution is -2.59. The van der Waals surface area contributed by atoms with Crippen molar-refractivity contribution >= 4 is 34.8 Å². The SMILES string of the molecule is Cc1ncc(C(=O)NC2(C(=O)NCc3ncc(Nc4ccccc4C(F)(F)F)cc3Cl)CCOC2)cn1. The number of carbonyl (C=O) groups is 2. The summed E-state index contributed by atoms with van der Waals surface area (Å²) < 4.78 is 45.2. The van der Waals surface area contributed by atoms with E-state index in [1.54, 1.807) is 6.92 Å². The number of aromatic nitrogens is 3. The van der Waals surface area contributed by atoms with Crippen LogP contribution >= 0.6 is 11.6 Å². The minimum Gasteiger partial charge on any atom is -0.378 e. The minimum atomic E-state index is -4.53. The largest absolute Gasteiger partial charge is 0.418 e. The standard InChI is InChI=1S/C24H22ClF3N6O3/c1-14-29-9-15(10-30-14)21(35)34-23(6-7-37-13-23)22(36)32-12-20-18(25)8-16(11-31-20)33-19-5-3-2-4-17(19)24(26,27)28/h2-5,8-11,33H,6-7,12-13H2,1H3,(H,32,36)(H,34,35). The van der Waals surface area contributed by atoms with Crippen LogP contribution in [-0.4, -0.2) is 45.5 Å². The molecule has 0 radical (unpaired) electrons. The van der Waals surface area contributed by atoms with Crippen molar-refractivity contribution in [2.75, 3.05) is 18.5 Å². The van der Waals surface area contributed by atoms with Crippen molar-refractivity contribution in [3.05, 3.63) is 76.6 Å². The lowest BCUT2D eigenvalue weighted by molar-refractivity contribution is -0.137. The van der Waals surface area contributed by atoms with E-state index in [-0.39, 0.29) is 53.8 Å². The highest BCUT2D eigenvalue weighted by atomic mass is 35.5. The Morgan fingerprint density at radius 3 is 2.51 bits per heavy atom. The van der Waals surface area contributed by atoms with E-state index in [1.807, 2.05) is 0 Å². The number of alkyl halides is 3. The fourth-order valence-corrected chi connectivity index (χ4v) is 3.92. The van der Waals surface area contributed by atoms with Gasteiger partial charge in [-0.15, -0.1) is 0 Å². The molecule has 13 heteroatoms. The Bertz CT molecular complexity index is 1300. The fourth-order valence-electron chi connectivity index (χ4n) is 3.69. The zero-order valence-corrected chi connectivity index (χ0v) is 20.3. The number of anilines is 2. The predicted molar refractivity (Wildman–Crippen MR) is 128 cm³/mol. The molecule has 0 spiro atoms. The van der Waals surface area contributed by atoms with Gasteiger partial charge in [0.25, 0.3) is 5.91 Å². The highest BCUT2D eigenvalue weighted by Gasteiger charge is 2.44. The van der Waals surface area contributed by atoms with Gasteiger partial charge in [0.05, 0.1) is 52.6 Å². The second-order valence-electron chi connectivity index (χ2n) is 8.36. The molecule has 1 saturated heterocycles. The molecule has 2 amide bonds. The number of benzene rings is 1. The number of carbonyl (C=O) groups excluding carboxylic acids is 2. The number of nitrogens with zero attached hydrogens (tertiary/aromatic N) is 3. The van der Waals surface area contributed by atoms with Crippen molar-refractivity contribution in [1.29, 1.82) is 0 Å². The molecule has 4 rings (SSSR count). The summed E-state index contributed by atoms with van der Waals surface area (Å²) in [5.74, 6) is -0.514. The lowest BCUT2D eigenvalue weighted by Gasteiger charge is -2.27. The Hall–Kier alpha value is -3.77. The van der Waals surface area contributed by atoms with E-state index < -0.39 is 29.1 Å². The number of halogens is 4. The quantitative estimate of drug-likeness (QED) is 0.422. The van der Waals surface area contributed by atoms with Crippen molar-refractivity contribution in [3.8, 4) is 0 Å². The van der Waals surface area contributed by atoms with Crippen molar-refractivity contribution in [2.45, 2.75) is 31.6 Å². The summed E-state index contributed by atoms with van der Waals surface area (Å²) in [5.41, 5.74) is -1.55. The first-order valence-corrected chi connectivity index (χ1v) is 11.5. The molecule has 0 saturated carbocycles. The second-order valence-corrected chi connectivity index (χ2v) is 8.77. The number of amides is 2. The number of nitrogens with one attached hydrogen (secondary N) is 3. The van der Waals surface area contributed by atoms with Crippen LogP contribution in [-0.2, 0) is 22.3 Å². The van der Waals surface area contributed by atoms with E-state index in [2.05, 4.69) is 30.9 Å². The molecule has 0 bridgehead atoms. The van der Waals surface area contributed by atoms with E-state index in [0.29, 0.717) is 5.82 Å². The Morgan fingerprint density at radius 2 is 1.86 bits per heavy atom. The van der Waals surface area contributed by atoms with Gasteiger partial charge in [0.2, 0.25) is 5.91 Å². The van der Waals surface area contributed by atoms with Crippen LogP contribution in [0, 0.1) is 6.92 Å². The van der Waals surface area contributed by atoms with E-state index in [1.165, 1.54) is 42.9 Å². The maximum absolute atomic E-state index is 13.3. The van der Waals surface area contributed by atoms with Gasteiger partial charge in [-0.25, -0.2) is 9.97 Å². The molecule has 3 N–H and O–H groups in total. The molecule has 9 nitrogen and oxygen atoms in total. The van der Waals surface area contributed by atoms with Gasteiger partial charge in [-0.3, -0.25) is 14.6 Å². The van der Waals surface area contributed by atoms with Crippen LogP contribution in [0.25, 0.3) is 0 Å². The molecular weight excluding hydrogens is 513 g/mol. The van der Waals surface area contributed by atoms with E-state index in [9.17, 15) is 22.8 Å². The average molecular weight is 535 g/mol. The molecule has 3 heterocycles. The van der Waals surface area contributed by atoms with Crippen LogP contribution in [0.3, 0.4) is 0 Å². The number of rotatable bonds is 7. The number of hydrogen-bond acceptors (Lipinski definition) is 7. The van der Waals surface area contributed by atoms with Crippen LogP contribution in [0.1, 0.15) is 33.9 Å². The first-order chi connectivity index (χ1) is 17.6. The second kappa shape index (κ2) is 10.7. The summed E-state index contributed by atoms with van der Waals surface area (Å²) in [7, 11) is 0. The van der Waals surface area contributed by atoms with E-state index >= 15 is 0 Å². The number of hydrogen-bond donors (Lipinski definition) is 3. The summed E-state index contributed by atoms with van der Waals surface area (Å²) in [4.78, 5) is 37.9. The van der Waals surface area contributed by atoms with Gasteiger partial charge in [-0.1, -0.05) is 23.7 Å². The van der Waals surface area contributed by atoms with Crippen LogP contribution in [0.4, 0.5) is 24.5 Å². The van der Waals surface area contributed by atoms with Crippen LogP contribution in [0.15, 0.2) is 48.9 Å². The topological polar surface area (TPSA) is 118 Å². The normalized spacial score (nSPS) is 17.3. The third-order valence-electron chi connectivity index (χ3n) is 5.70. The van der Waals surface area contributed by atoms with Crippen molar-refractivity contribution in [2.24, 2.45) is 0 Å². The van der Waals surface area contributed by atoms with Crippen molar-refractivity contribution < 1.29 is 27.5 Å². The predicted octanol–water partition coefficient (Wildman–Crippen LogP) is 3.80. The van der Waals surface area contributed by atoms with Gasteiger partial charge in [0.1, 0.15) is 11.4 Å². The highest BCUT2D eigenvalue weighted by molar-refractivity contribution is 6.31. The maximum Gasteiger partial charge on any atom is 0.418 e. The Morgan fingerprint density at radius 1 is 1.14 bits per heavy atom. The molecule has 0 aliphatic carbocycles. The summed E-state index contributed by atoms with van der Waals surface area (Å²) in [6.07, 6.45) is -0.238. The molecule has 3 aromatic rings. The number of pyridine rings is 1. The molecular formula is C24H22ClF3N6O3. The van der Waals surface area contributed by atoms with Crippen LogP contribution < -0.4 is 16.0 Å². The molecule has 2 aromatic heterocycles. The zero-order chi connectivity index (χ0) is 26.6. The van der Waals surface area contributed by atoms with Gasteiger partial charge >= 0.3 is 6.18 Å². The molecule has 37 heavy (non-hydrogen) atoms. The fraction of sp³-hybridized carbons (Fsp3) is 0.292. The summed E-state index contributed by atoms with van der Waals surface area (Å²) in [6.45, 7) is 1.85.